The molecule has 0 fully saturated rings. The van der Waals surface area contributed by atoms with E-state index in [0.29, 0.717) is 12.8 Å². The van der Waals surface area contributed by atoms with Crippen molar-refractivity contribution >= 4 is 23.9 Å². The zero-order valence-corrected chi connectivity index (χ0v) is 26.4. The van der Waals surface area contributed by atoms with Crippen molar-refractivity contribution in [1.82, 2.24) is 0 Å². The Morgan fingerprint density at radius 3 is 1.45 bits per heavy atom. The maximum absolute atomic E-state index is 14.2. The van der Waals surface area contributed by atoms with Gasteiger partial charge in [0.25, 0.3) is 0 Å². The highest BCUT2D eigenvalue weighted by molar-refractivity contribution is 5.96. The summed E-state index contributed by atoms with van der Waals surface area (Å²) >= 11 is 0. The van der Waals surface area contributed by atoms with E-state index >= 15 is 0 Å². The number of hydrogen-bond donors (Lipinski definition) is 2. The van der Waals surface area contributed by atoms with Crippen LogP contribution in [0.5, 0.6) is 0 Å². The summed E-state index contributed by atoms with van der Waals surface area (Å²) in [5, 5.41) is 21.0. The number of unbranched alkanes of at least 4 members (excludes halogenated alkanes) is 3. The van der Waals surface area contributed by atoms with Crippen molar-refractivity contribution in [3.63, 3.8) is 0 Å². The first-order chi connectivity index (χ1) is 18.9. The molecule has 0 aromatic heterocycles. The van der Waals surface area contributed by atoms with Crippen LogP contribution >= 0.6 is 0 Å². The normalized spacial score (nSPS) is 16.8. The monoisotopic (exact) mass is 570 g/mol. The molecule has 4 atom stereocenters. The smallest absolute Gasteiger partial charge is 0.337 e. The quantitative estimate of drug-likeness (QED) is 0.0888. The summed E-state index contributed by atoms with van der Waals surface area (Å²) < 4.78 is 11.6. The van der Waals surface area contributed by atoms with Gasteiger partial charge in [0, 0.05) is 6.92 Å². The highest BCUT2D eigenvalue weighted by atomic mass is 16.6. The Morgan fingerprint density at radius 2 is 1.12 bits per heavy atom. The second-order valence-corrected chi connectivity index (χ2v) is 11.6. The Labute approximate surface area is 243 Å². The Kier molecular flexibility index (Phi) is 19.0. The zero-order chi connectivity index (χ0) is 30.8. The van der Waals surface area contributed by atoms with E-state index in [1.807, 2.05) is 20.8 Å². The summed E-state index contributed by atoms with van der Waals surface area (Å²) in [4.78, 5) is 52.1. The van der Waals surface area contributed by atoms with E-state index in [1.165, 1.54) is 0 Å². The van der Waals surface area contributed by atoms with Gasteiger partial charge in [-0.2, -0.15) is 0 Å². The lowest BCUT2D eigenvalue weighted by Crippen LogP contribution is -2.63. The average molecular weight is 571 g/mol. The van der Waals surface area contributed by atoms with Gasteiger partial charge in [-0.15, -0.1) is 0 Å². The van der Waals surface area contributed by atoms with Crippen LogP contribution in [0, 0.1) is 23.2 Å². The van der Waals surface area contributed by atoms with Crippen molar-refractivity contribution in [3.8, 4) is 0 Å². The Balaban J connectivity index is 7.38. The van der Waals surface area contributed by atoms with Crippen LogP contribution in [0.15, 0.2) is 0 Å². The van der Waals surface area contributed by atoms with Crippen LogP contribution in [0.25, 0.3) is 0 Å². The molecule has 8 heteroatoms. The largest absolute Gasteiger partial charge is 0.481 e. The third-order valence-electron chi connectivity index (χ3n) is 8.62. The fourth-order valence-corrected chi connectivity index (χ4v) is 5.92. The van der Waals surface area contributed by atoms with E-state index in [9.17, 15) is 29.4 Å². The van der Waals surface area contributed by atoms with Gasteiger partial charge in [-0.05, 0) is 37.0 Å². The van der Waals surface area contributed by atoms with Crippen molar-refractivity contribution in [2.45, 2.75) is 150 Å². The van der Waals surface area contributed by atoms with Crippen LogP contribution in [0.3, 0.4) is 0 Å². The van der Waals surface area contributed by atoms with Crippen molar-refractivity contribution in [3.05, 3.63) is 0 Å². The van der Waals surface area contributed by atoms with E-state index in [1.54, 1.807) is 0 Å². The maximum Gasteiger partial charge on any atom is 0.337 e. The molecule has 4 unspecified atom stereocenters. The second-order valence-electron chi connectivity index (χ2n) is 11.6. The van der Waals surface area contributed by atoms with Crippen LogP contribution < -0.4 is 0 Å². The van der Waals surface area contributed by atoms with Crippen molar-refractivity contribution in [2.75, 3.05) is 6.61 Å². The molecule has 0 bridgehead atoms. The first kappa shape index (κ1) is 38.0. The summed E-state index contributed by atoms with van der Waals surface area (Å²) in [6.45, 7) is 13.3. The first-order valence-corrected chi connectivity index (χ1v) is 15.7. The third-order valence-corrected chi connectivity index (χ3v) is 8.62. The van der Waals surface area contributed by atoms with Crippen molar-refractivity contribution in [2.24, 2.45) is 23.2 Å². The molecular weight excluding hydrogens is 512 g/mol. The molecule has 0 aliphatic carbocycles. The van der Waals surface area contributed by atoms with Gasteiger partial charge in [0.05, 0.1) is 13.0 Å². The Bertz CT molecular complexity index is 746. The molecule has 0 aromatic carbocycles. The number of rotatable bonds is 24. The summed E-state index contributed by atoms with van der Waals surface area (Å²) in [6.07, 6.45) is 9.22. The molecule has 40 heavy (non-hydrogen) atoms. The third kappa shape index (κ3) is 11.5. The fourth-order valence-electron chi connectivity index (χ4n) is 5.92. The minimum absolute atomic E-state index is 0.0122. The summed E-state index contributed by atoms with van der Waals surface area (Å²) in [5.41, 5.74) is -4.24. The van der Waals surface area contributed by atoms with Crippen LogP contribution in [0.1, 0.15) is 145 Å². The molecule has 2 N–H and O–H groups in total. The lowest BCUT2D eigenvalue weighted by atomic mass is 9.59. The van der Waals surface area contributed by atoms with Crippen LogP contribution in [-0.4, -0.2) is 46.3 Å². The van der Waals surface area contributed by atoms with Crippen LogP contribution in [0.4, 0.5) is 0 Å². The number of aliphatic carboxylic acids is 2. The Hall–Kier alpha value is -1.96. The predicted octanol–water partition coefficient (Wildman–Crippen LogP) is 7.81. The molecule has 0 aliphatic rings. The minimum Gasteiger partial charge on any atom is -0.481 e. The molecule has 0 saturated carbocycles. The second kappa shape index (κ2) is 20.0. The van der Waals surface area contributed by atoms with E-state index in [2.05, 4.69) is 20.8 Å². The van der Waals surface area contributed by atoms with Crippen LogP contribution in [0.2, 0.25) is 0 Å². The van der Waals surface area contributed by atoms with Crippen LogP contribution in [-0.2, 0) is 28.7 Å². The van der Waals surface area contributed by atoms with Gasteiger partial charge in [0.15, 0.2) is 5.60 Å². The van der Waals surface area contributed by atoms with Gasteiger partial charge in [0.2, 0.25) is 0 Å². The summed E-state index contributed by atoms with van der Waals surface area (Å²) in [7, 11) is 0. The van der Waals surface area contributed by atoms with E-state index in [4.69, 9.17) is 9.47 Å². The number of carboxylic acid groups (broad SMARTS) is 2. The summed E-state index contributed by atoms with van der Waals surface area (Å²) in [6, 6.07) is 0. The molecule has 0 rings (SSSR count). The van der Waals surface area contributed by atoms with Crippen molar-refractivity contribution < 1.29 is 38.9 Å². The number of ether oxygens (including phenoxy) is 2. The molecule has 0 aromatic rings. The molecule has 0 saturated heterocycles. The van der Waals surface area contributed by atoms with Gasteiger partial charge >= 0.3 is 23.9 Å². The Morgan fingerprint density at radius 1 is 0.700 bits per heavy atom. The lowest BCUT2D eigenvalue weighted by Gasteiger charge is -2.48. The number of carbonyl (C=O) groups excluding carboxylic acids is 2. The predicted molar refractivity (Wildman–Crippen MR) is 157 cm³/mol. The average Bonchev–Trinajstić information content (AvgIpc) is 2.90. The zero-order valence-electron chi connectivity index (χ0n) is 26.4. The standard InChI is InChI=1S/C32H58O8/c1-8-14-17-25(11-4)20-31(30(38)40-24(7)33,21-26(12-5)18-15-9-2)32(29(36)37,22-28(34)35)39-23-27(13-6)19-16-10-3/h25-27H,8-23H2,1-7H3,(H,34,35)(H,36,37). The van der Waals surface area contributed by atoms with E-state index < -0.39 is 41.3 Å². The van der Waals surface area contributed by atoms with E-state index in [-0.39, 0.29) is 37.2 Å². The molecular formula is C32H58O8. The van der Waals surface area contributed by atoms with Crippen molar-refractivity contribution in [1.29, 1.82) is 0 Å². The van der Waals surface area contributed by atoms with E-state index in [0.717, 1.165) is 71.1 Å². The number of esters is 2. The topological polar surface area (TPSA) is 127 Å². The minimum atomic E-state index is -2.38. The molecule has 0 aliphatic heterocycles. The highest BCUT2D eigenvalue weighted by Gasteiger charge is 2.65. The maximum atomic E-state index is 14.2. The molecule has 0 radical (unpaired) electrons. The molecule has 0 spiro atoms. The summed E-state index contributed by atoms with van der Waals surface area (Å²) in [5.74, 6) is -4.80. The lowest BCUT2D eigenvalue weighted by molar-refractivity contribution is -0.216. The number of carbonyl (C=O) groups is 4. The fraction of sp³-hybridized carbons (Fsp3) is 0.875. The van der Waals surface area contributed by atoms with Gasteiger partial charge in [-0.1, -0.05) is 112 Å². The number of carboxylic acids is 2. The molecule has 234 valence electrons. The van der Waals surface area contributed by atoms with Gasteiger partial charge in [0.1, 0.15) is 5.41 Å². The SMILES string of the molecule is CCCCC(CC)COC(CC(=O)O)(C(=O)O)C(CC(CC)CCCC)(CC(CC)CCCC)C(=O)OC(C)=O. The highest BCUT2D eigenvalue weighted by Crippen LogP contribution is 2.51. The molecule has 0 amide bonds. The van der Waals surface area contributed by atoms with Gasteiger partial charge in [-0.3, -0.25) is 14.4 Å². The molecule has 8 nitrogen and oxygen atoms in total. The van der Waals surface area contributed by atoms with Gasteiger partial charge in [-0.25, -0.2) is 4.79 Å². The van der Waals surface area contributed by atoms with Gasteiger partial charge < -0.3 is 19.7 Å². The number of hydrogen-bond acceptors (Lipinski definition) is 6. The first-order valence-electron chi connectivity index (χ1n) is 15.7. The molecule has 0 heterocycles.